The molecule has 200 valence electrons. The van der Waals surface area contributed by atoms with Gasteiger partial charge in [-0.05, 0) is 43.9 Å². The summed E-state index contributed by atoms with van der Waals surface area (Å²) in [6.45, 7) is 0. The van der Waals surface area contributed by atoms with E-state index in [0.29, 0.717) is 34.5 Å². The number of nitrogens with two attached hydrogens (primary N) is 1. The first kappa shape index (κ1) is 25.0. The molecule has 6 rings (SSSR count). The third-order valence-corrected chi connectivity index (χ3v) is 11.3. The zero-order chi connectivity index (χ0) is 27.1. The van der Waals surface area contributed by atoms with Crippen molar-refractivity contribution in [3.63, 3.8) is 0 Å². The van der Waals surface area contributed by atoms with Gasteiger partial charge in [-0.15, -0.1) is 10.2 Å². The van der Waals surface area contributed by atoms with Crippen LogP contribution in [0.5, 0.6) is 5.75 Å². The molecule has 4 aromatic rings. The quantitative estimate of drug-likeness (QED) is 0.251. The molecular weight excluding hydrogens is 517 g/mol. The van der Waals surface area contributed by atoms with Gasteiger partial charge in [0.1, 0.15) is 13.0 Å². The van der Waals surface area contributed by atoms with Crippen LogP contribution >= 0.6 is 7.14 Å². The topological polar surface area (TPSA) is 163 Å². The summed E-state index contributed by atoms with van der Waals surface area (Å²) >= 11 is 0. The van der Waals surface area contributed by atoms with Gasteiger partial charge in [-0.25, -0.2) is 4.98 Å². The Kier molecular flexibility index (Phi) is 6.26. The molecule has 0 bridgehead atoms. The van der Waals surface area contributed by atoms with Crippen molar-refractivity contribution in [2.24, 2.45) is 12.8 Å². The van der Waals surface area contributed by atoms with Gasteiger partial charge in [-0.3, -0.25) is 14.5 Å². The van der Waals surface area contributed by atoms with Crippen LogP contribution < -0.4 is 26.5 Å². The highest BCUT2D eigenvalue weighted by atomic mass is 31.2. The van der Waals surface area contributed by atoms with Crippen molar-refractivity contribution in [1.29, 1.82) is 0 Å². The van der Waals surface area contributed by atoms with Gasteiger partial charge in [0.2, 0.25) is 0 Å². The second-order valence-corrected chi connectivity index (χ2v) is 13.1. The van der Waals surface area contributed by atoms with Gasteiger partial charge in [-0.1, -0.05) is 6.07 Å². The molecule has 1 amide bonds. The number of rotatable bonds is 10. The smallest absolute Gasteiger partial charge is 0.271 e. The Hall–Kier alpha value is -4.31. The van der Waals surface area contributed by atoms with E-state index in [4.69, 9.17) is 15.6 Å². The van der Waals surface area contributed by atoms with Crippen molar-refractivity contribution in [1.82, 2.24) is 29.9 Å². The Labute approximate surface area is 224 Å². The van der Waals surface area contributed by atoms with E-state index >= 15 is 0 Å². The van der Waals surface area contributed by atoms with E-state index < -0.39 is 13.0 Å². The molecule has 0 radical (unpaired) electrons. The molecule has 1 aromatic carbocycles. The van der Waals surface area contributed by atoms with E-state index in [1.54, 1.807) is 30.3 Å². The van der Waals surface area contributed by atoms with Crippen LogP contribution in [0.1, 0.15) is 36.2 Å². The van der Waals surface area contributed by atoms with Crippen LogP contribution in [0.3, 0.4) is 0 Å². The molecule has 0 saturated heterocycles. The number of nitrogens with zero attached hydrogens (tertiary/aromatic N) is 6. The predicted molar refractivity (Wildman–Crippen MR) is 148 cm³/mol. The predicted octanol–water partition coefficient (Wildman–Crippen LogP) is 3.58. The van der Waals surface area contributed by atoms with E-state index in [0.717, 1.165) is 36.7 Å². The monoisotopic (exact) mass is 545 g/mol. The standard InChI is InChI=1S/C26H28N9O3P/c1-35-23(39(37,15-6-7-15)16-8-9-16)13-19(34-35)17-4-3-5-18(25(17)38-2)30-20-12-21(32-33-24(20)26(27)36)31-22-14-28-10-11-29-22/h3-5,10-16H,6-9H2,1-2H3,(H2,27,36)(H2,29,30,31,32). The fraction of sp³-hybridized carbons (Fsp3) is 0.308. The number of hydrogen-bond donors (Lipinski definition) is 3. The number of benzene rings is 1. The molecule has 12 nitrogen and oxygen atoms in total. The van der Waals surface area contributed by atoms with Crippen molar-refractivity contribution < 1.29 is 14.1 Å². The van der Waals surface area contributed by atoms with E-state index in [2.05, 4.69) is 30.8 Å². The zero-order valence-electron chi connectivity index (χ0n) is 21.5. The average Bonchev–Trinajstić information content (AvgIpc) is 3.86. The highest BCUT2D eigenvalue weighted by molar-refractivity contribution is 7.73. The zero-order valence-corrected chi connectivity index (χ0v) is 22.4. The summed E-state index contributed by atoms with van der Waals surface area (Å²) in [5.41, 5.74) is 9.22. The molecule has 0 unspecified atom stereocenters. The Balaban J connectivity index is 1.36. The van der Waals surface area contributed by atoms with Gasteiger partial charge in [0.05, 0.1) is 35.8 Å². The number of ether oxygens (including phenoxy) is 1. The Bertz CT molecular complexity index is 1580. The lowest BCUT2D eigenvalue weighted by Crippen LogP contribution is -2.20. The summed E-state index contributed by atoms with van der Waals surface area (Å²) in [5, 5.41) is 19.0. The third-order valence-electron chi connectivity index (χ3n) is 7.00. The van der Waals surface area contributed by atoms with Crippen LogP contribution in [0.15, 0.2) is 48.9 Å². The van der Waals surface area contributed by atoms with Gasteiger partial charge >= 0.3 is 0 Å². The molecule has 4 N–H and O–H groups in total. The van der Waals surface area contributed by atoms with Crippen molar-refractivity contribution in [2.75, 3.05) is 17.7 Å². The summed E-state index contributed by atoms with van der Waals surface area (Å²) in [5.74, 6) is 0.565. The van der Waals surface area contributed by atoms with Crippen molar-refractivity contribution in [3.8, 4) is 17.0 Å². The molecule has 3 heterocycles. The minimum Gasteiger partial charge on any atom is -0.494 e. The lowest BCUT2D eigenvalue weighted by molar-refractivity contribution is 0.0995. The van der Waals surface area contributed by atoms with E-state index in [9.17, 15) is 9.36 Å². The summed E-state index contributed by atoms with van der Waals surface area (Å²) in [6.07, 6.45) is 8.72. The van der Waals surface area contributed by atoms with Gasteiger partial charge in [0.25, 0.3) is 5.91 Å². The molecule has 13 heteroatoms. The number of aromatic nitrogens is 6. The van der Waals surface area contributed by atoms with Crippen LogP contribution in [0, 0.1) is 0 Å². The number of nitrogens with one attached hydrogen (secondary N) is 2. The first-order valence-electron chi connectivity index (χ1n) is 12.7. The number of carbonyl (C=O) groups is 1. The summed E-state index contributed by atoms with van der Waals surface area (Å²) in [4.78, 5) is 20.3. The van der Waals surface area contributed by atoms with Gasteiger partial charge in [-0.2, -0.15) is 5.10 Å². The SMILES string of the molecule is COc1c(Nc2cc(Nc3cnccn3)nnc2C(N)=O)cccc1-c1cc(P(=O)(C2CC2)C2CC2)n(C)n1. The molecule has 0 spiro atoms. The normalized spacial score (nSPS) is 15.1. The fourth-order valence-corrected chi connectivity index (χ4v) is 8.93. The maximum Gasteiger partial charge on any atom is 0.271 e. The highest BCUT2D eigenvalue weighted by Crippen LogP contribution is 2.69. The van der Waals surface area contributed by atoms with Crippen LogP contribution in [0.25, 0.3) is 11.3 Å². The number of methoxy groups -OCH3 is 1. The largest absolute Gasteiger partial charge is 0.494 e. The molecule has 0 aliphatic heterocycles. The Morgan fingerprint density at radius 3 is 2.46 bits per heavy atom. The van der Waals surface area contributed by atoms with Crippen molar-refractivity contribution in [3.05, 3.63) is 54.6 Å². The number of aryl methyl sites for hydroxylation is 1. The summed E-state index contributed by atoms with van der Waals surface area (Å²) < 4.78 is 21.7. The molecular formula is C26H28N9O3P. The van der Waals surface area contributed by atoms with Crippen LogP contribution in [0.4, 0.5) is 23.0 Å². The van der Waals surface area contributed by atoms with E-state index in [-0.39, 0.29) is 17.0 Å². The minimum absolute atomic E-state index is 0.0397. The van der Waals surface area contributed by atoms with E-state index in [1.807, 2.05) is 31.3 Å². The Morgan fingerprint density at radius 1 is 1.05 bits per heavy atom. The lowest BCUT2D eigenvalue weighted by atomic mass is 10.1. The lowest BCUT2D eigenvalue weighted by Gasteiger charge is -2.17. The Morgan fingerprint density at radius 2 is 1.82 bits per heavy atom. The number of anilines is 4. The van der Waals surface area contributed by atoms with Gasteiger partial charge in [0.15, 0.2) is 17.3 Å². The number of carbonyl (C=O) groups excluding carboxylic acids is 1. The van der Waals surface area contributed by atoms with Crippen molar-refractivity contribution in [2.45, 2.75) is 37.0 Å². The number of hydrogen-bond acceptors (Lipinski definition) is 10. The summed E-state index contributed by atoms with van der Waals surface area (Å²) in [7, 11) is 0.911. The first-order chi connectivity index (χ1) is 18.9. The van der Waals surface area contributed by atoms with Crippen molar-refractivity contribution >= 4 is 41.5 Å². The second-order valence-electron chi connectivity index (χ2n) is 9.77. The number of primary amides is 1. The number of amides is 1. The van der Waals surface area contributed by atoms with Crippen LogP contribution in [0.2, 0.25) is 0 Å². The second kappa shape index (κ2) is 9.77. The fourth-order valence-electron chi connectivity index (χ4n) is 4.93. The molecule has 3 aromatic heterocycles. The summed E-state index contributed by atoms with van der Waals surface area (Å²) in [6, 6.07) is 9.12. The minimum atomic E-state index is -2.51. The van der Waals surface area contributed by atoms with Crippen LogP contribution in [-0.4, -0.2) is 54.3 Å². The maximum absolute atomic E-state index is 14.2. The first-order valence-corrected chi connectivity index (χ1v) is 14.5. The number of para-hydroxylation sites is 1. The molecule has 2 fully saturated rings. The maximum atomic E-state index is 14.2. The molecule has 39 heavy (non-hydrogen) atoms. The highest BCUT2D eigenvalue weighted by Gasteiger charge is 2.53. The molecule has 2 aliphatic carbocycles. The molecule has 2 saturated carbocycles. The molecule has 0 atom stereocenters. The average molecular weight is 546 g/mol. The van der Waals surface area contributed by atoms with Gasteiger partial charge in [0, 0.05) is 42.4 Å². The molecule has 2 aliphatic rings. The third kappa shape index (κ3) is 4.72. The van der Waals surface area contributed by atoms with Gasteiger partial charge < -0.3 is 25.7 Å². The van der Waals surface area contributed by atoms with E-state index in [1.165, 1.54) is 6.20 Å². The van der Waals surface area contributed by atoms with Crippen LogP contribution in [-0.2, 0) is 11.6 Å².